The molecule has 0 amide bonds. The van der Waals surface area contributed by atoms with Crippen LogP contribution in [0, 0.1) is 0 Å². The summed E-state index contributed by atoms with van der Waals surface area (Å²) in [6, 6.07) is 13.0. The topological polar surface area (TPSA) is 73.2 Å². The molecule has 0 bridgehead atoms. The zero-order valence-corrected chi connectivity index (χ0v) is 16.3. The average Bonchev–Trinajstić information content (AvgIpc) is 3.09. The molecule has 3 rings (SSSR count). The van der Waals surface area contributed by atoms with Crippen molar-refractivity contribution in [2.75, 3.05) is 24.9 Å². The highest BCUT2D eigenvalue weighted by Gasteiger charge is 2.08. The standard InChI is InChI=1S/C18H18ClN5O2S/c1-25-14-7-13(8-15(9-14)26-2)21-18(27)22-17-20-11-24(23-17)10-12-5-3-4-6-16(12)19/h3-9,11H,10H2,1-2H3,(H2,21,22,23,27). The Morgan fingerprint density at radius 3 is 2.48 bits per heavy atom. The number of nitrogens with one attached hydrogen (secondary N) is 2. The number of ether oxygens (including phenoxy) is 2. The van der Waals surface area contributed by atoms with E-state index in [0.29, 0.717) is 34.1 Å². The zero-order chi connectivity index (χ0) is 19.2. The highest BCUT2D eigenvalue weighted by atomic mass is 35.5. The number of anilines is 2. The summed E-state index contributed by atoms with van der Waals surface area (Å²) >= 11 is 11.5. The number of hydrogen-bond donors (Lipinski definition) is 2. The van der Waals surface area contributed by atoms with E-state index >= 15 is 0 Å². The Balaban J connectivity index is 1.63. The maximum Gasteiger partial charge on any atom is 0.248 e. The van der Waals surface area contributed by atoms with Crippen LogP contribution in [-0.4, -0.2) is 34.1 Å². The number of rotatable bonds is 6. The molecule has 0 unspecified atom stereocenters. The fourth-order valence-electron chi connectivity index (χ4n) is 2.37. The number of benzene rings is 2. The fraction of sp³-hybridized carbons (Fsp3) is 0.167. The summed E-state index contributed by atoms with van der Waals surface area (Å²) in [5, 5.41) is 11.4. The molecule has 2 N–H and O–H groups in total. The van der Waals surface area contributed by atoms with Crippen LogP contribution in [0.15, 0.2) is 48.8 Å². The second-order valence-electron chi connectivity index (χ2n) is 5.54. The average molecular weight is 404 g/mol. The van der Waals surface area contributed by atoms with Gasteiger partial charge in [0.05, 0.1) is 20.8 Å². The van der Waals surface area contributed by atoms with Crippen LogP contribution in [0.5, 0.6) is 11.5 Å². The van der Waals surface area contributed by atoms with Crippen molar-refractivity contribution in [1.29, 1.82) is 0 Å². The van der Waals surface area contributed by atoms with Crippen LogP contribution in [-0.2, 0) is 6.54 Å². The number of thiocarbonyl (C=S) groups is 1. The molecule has 0 aliphatic rings. The lowest BCUT2D eigenvalue weighted by Gasteiger charge is -2.11. The lowest BCUT2D eigenvalue weighted by Crippen LogP contribution is -2.20. The van der Waals surface area contributed by atoms with Crippen molar-refractivity contribution in [3.05, 3.63) is 59.4 Å². The first-order chi connectivity index (χ1) is 13.1. The third kappa shape index (κ3) is 5.08. The molecule has 9 heteroatoms. The van der Waals surface area contributed by atoms with Gasteiger partial charge in [0.2, 0.25) is 5.95 Å². The van der Waals surface area contributed by atoms with Crippen LogP contribution in [0.25, 0.3) is 0 Å². The molecule has 0 aliphatic heterocycles. The molecule has 0 aliphatic carbocycles. The van der Waals surface area contributed by atoms with Crippen molar-refractivity contribution in [1.82, 2.24) is 14.8 Å². The third-order valence-electron chi connectivity index (χ3n) is 3.66. The Hall–Kier alpha value is -2.84. The van der Waals surface area contributed by atoms with Gasteiger partial charge in [-0.1, -0.05) is 29.8 Å². The first-order valence-corrected chi connectivity index (χ1v) is 8.80. The van der Waals surface area contributed by atoms with Crippen LogP contribution in [0.4, 0.5) is 11.6 Å². The van der Waals surface area contributed by atoms with E-state index < -0.39 is 0 Å². The van der Waals surface area contributed by atoms with Gasteiger partial charge in [0.15, 0.2) is 5.11 Å². The highest BCUT2D eigenvalue weighted by Crippen LogP contribution is 2.25. The van der Waals surface area contributed by atoms with E-state index in [2.05, 4.69) is 20.7 Å². The van der Waals surface area contributed by atoms with Crippen LogP contribution in [0.2, 0.25) is 5.02 Å². The Kier molecular flexibility index (Phi) is 6.10. The second-order valence-corrected chi connectivity index (χ2v) is 6.35. The van der Waals surface area contributed by atoms with E-state index in [1.54, 1.807) is 43.4 Å². The summed E-state index contributed by atoms with van der Waals surface area (Å²) in [5.74, 6) is 1.69. The normalized spacial score (nSPS) is 10.3. The van der Waals surface area contributed by atoms with Crippen molar-refractivity contribution in [2.45, 2.75) is 6.54 Å². The molecule has 0 fully saturated rings. The van der Waals surface area contributed by atoms with Crippen LogP contribution in [0.3, 0.4) is 0 Å². The molecule has 0 atom stereocenters. The summed E-state index contributed by atoms with van der Waals surface area (Å²) in [6.07, 6.45) is 1.61. The van der Waals surface area contributed by atoms with Gasteiger partial charge >= 0.3 is 0 Å². The molecule has 0 radical (unpaired) electrons. The van der Waals surface area contributed by atoms with Gasteiger partial charge in [-0.05, 0) is 23.8 Å². The van der Waals surface area contributed by atoms with Crippen molar-refractivity contribution in [3.8, 4) is 11.5 Å². The number of methoxy groups -OCH3 is 2. The van der Waals surface area contributed by atoms with Crippen LogP contribution in [0.1, 0.15) is 5.56 Å². The Bertz CT molecular complexity index is 925. The minimum Gasteiger partial charge on any atom is -0.497 e. The van der Waals surface area contributed by atoms with Crippen LogP contribution < -0.4 is 20.1 Å². The molecule has 1 heterocycles. The summed E-state index contributed by atoms with van der Waals surface area (Å²) in [4.78, 5) is 4.21. The zero-order valence-electron chi connectivity index (χ0n) is 14.8. The minimum absolute atomic E-state index is 0.348. The van der Waals surface area contributed by atoms with Gasteiger partial charge in [0, 0.05) is 28.9 Å². The van der Waals surface area contributed by atoms with Gasteiger partial charge in [-0.15, -0.1) is 5.10 Å². The van der Waals surface area contributed by atoms with Crippen molar-refractivity contribution >= 4 is 40.6 Å². The van der Waals surface area contributed by atoms with Crippen molar-refractivity contribution < 1.29 is 9.47 Å². The fourth-order valence-corrected chi connectivity index (χ4v) is 2.78. The summed E-state index contributed by atoms with van der Waals surface area (Å²) in [7, 11) is 3.18. The third-order valence-corrected chi connectivity index (χ3v) is 4.23. The number of halogens is 1. The lowest BCUT2D eigenvalue weighted by atomic mass is 10.2. The highest BCUT2D eigenvalue weighted by molar-refractivity contribution is 7.80. The van der Waals surface area contributed by atoms with Gasteiger partial charge in [-0.3, -0.25) is 5.32 Å². The SMILES string of the molecule is COc1cc(NC(=S)Nc2ncn(Cc3ccccc3Cl)n2)cc(OC)c1. The molecule has 3 aromatic rings. The molecule has 7 nitrogen and oxygen atoms in total. The predicted molar refractivity (Wildman–Crippen MR) is 110 cm³/mol. The van der Waals surface area contributed by atoms with Crippen molar-refractivity contribution in [3.63, 3.8) is 0 Å². The summed E-state index contributed by atoms with van der Waals surface area (Å²) in [6.45, 7) is 0.516. The number of nitrogens with zero attached hydrogens (tertiary/aromatic N) is 3. The number of aromatic nitrogens is 3. The van der Waals surface area contributed by atoms with E-state index in [-0.39, 0.29) is 0 Å². The van der Waals surface area contributed by atoms with E-state index in [4.69, 9.17) is 33.3 Å². The quantitative estimate of drug-likeness (QED) is 0.606. The first-order valence-electron chi connectivity index (χ1n) is 8.01. The monoisotopic (exact) mass is 403 g/mol. The second kappa shape index (κ2) is 8.70. The van der Waals surface area contributed by atoms with E-state index in [0.717, 1.165) is 11.3 Å². The molecular weight excluding hydrogens is 386 g/mol. The first kappa shape index (κ1) is 18.9. The minimum atomic E-state index is 0.348. The Morgan fingerprint density at radius 2 is 1.81 bits per heavy atom. The molecule has 0 spiro atoms. The molecule has 0 saturated carbocycles. The van der Waals surface area contributed by atoms with Crippen LogP contribution >= 0.6 is 23.8 Å². The maximum atomic E-state index is 6.18. The summed E-state index contributed by atoms with van der Waals surface area (Å²) in [5.41, 5.74) is 1.68. The largest absolute Gasteiger partial charge is 0.497 e. The lowest BCUT2D eigenvalue weighted by molar-refractivity contribution is 0.395. The van der Waals surface area contributed by atoms with Gasteiger partial charge in [-0.2, -0.15) is 0 Å². The van der Waals surface area contributed by atoms with E-state index in [1.807, 2.05) is 24.3 Å². The molecule has 0 saturated heterocycles. The molecular formula is C18H18ClN5O2S. The molecule has 140 valence electrons. The molecule has 2 aromatic carbocycles. The predicted octanol–water partition coefficient (Wildman–Crippen LogP) is 3.81. The van der Waals surface area contributed by atoms with Gasteiger partial charge in [-0.25, -0.2) is 9.67 Å². The van der Waals surface area contributed by atoms with Gasteiger partial charge in [0.25, 0.3) is 0 Å². The smallest absolute Gasteiger partial charge is 0.248 e. The Labute approximate surface area is 167 Å². The maximum absolute atomic E-state index is 6.18. The number of hydrogen-bond acceptors (Lipinski definition) is 5. The van der Waals surface area contributed by atoms with E-state index in [9.17, 15) is 0 Å². The molecule has 1 aromatic heterocycles. The van der Waals surface area contributed by atoms with Gasteiger partial charge in [0.1, 0.15) is 17.8 Å². The van der Waals surface area contributed by atoms with E-state index in [1.165, 1.54) is 0 Å². The Morgan fingerprint density at radius 1 is 1.11 bits per heavy atom. The molecule has 27 heavy (non-hydrogen) atoms. The van der Waals surface area contributed by atoms with Gasteiger partial charge < -0.3 is 14.8 Å². The summed E-state index contributed by atoms with van der Waals surface area (Å²) < 4.78 is 12.2. The van der Waals surface area contributed by atoms with Crippen molar-refractivity contribution in [2.24, 2.45) is 0 Å².